The number of carbonyl (C=O) groups excluding carboxylic acids is 1. The number of hydrogen-bond acceptors (Lipinski definition) is 2. The second kappa shape index (κ2) is 5.95. The number of benzene rings is 1. The molecule has 0 saturated carbocycles. The van der Waals surface area contributed by atoms with Crippen LogP contribution in [0.2, 0.25) is 4.34 Å². The minimum atomic E-state index is -1.01. The third kappa shape index (κ3) is 3.87. The highest BCUT2D eigenvalue weighted by Crippen LogP contribution is 2.22. The third-order valence-corrected chi connectivity index (χ3v) is 3.38. The summed E-state index contributed by atoms with van der Waals surface area (Å²) < 4.78 is 26.2. The number of amides is 1. The van der Waals surface area contributed by atoms with Crippen LogP contribution in [0.4, 0.5) is 14.5 Å². The summed E-state index contributed by atoms with van der Waals surface area (Å²) in [6.45, 7) is 0. The Morgan fingerprint density at radius 2 is 2.00 bits per heavy atom. The van der Waals surface area contributed by atoms with Crippen LogP contribution in [-0.4, -0.2) is 5.91 Å². The molecule has 19 heavy (non-hydrogen) atoms. The molecule has 0 fully saturated rings. The lowest BCUT2D eigenvalue weighted by Crippen LogP contribution is -2.08. The lowest BCUT2D eigenvalue weighted by Gasteiger charge is -2.02. The van der Waals surface area contributed by atoms with Crippen molar-refractivity contribution < 1.29 is 13.6 Å². The van der Waals surface area contributed by atoms with Crippen LogP contribution in [0.15, 0.2) is 36.4 Å². The summed E-state index contributed by atoms with van der Waals surface area (Å²) in [7, 11) is 0. The summed E-state index contributed by atoms with van der Waals surface area (Å²) in [6.07, 6.45) is 2.88. The normalized spacial score (nSPS) is 10.9. The number of carbonyl (C=O) groups is 1. The first kappa shape index (κ1) is 13.7. The first-order valence-corrected chi connectivity index (χ1v) is 6.43. The lowest BCUT2D eigenvalue weighted by atomic mass is 10.3. The van der Waals surface area contributed by atoms with Crippen molar-refractivity contribution in [2.24, 2.45) is 0 Å². The number of nitrogens with one attached hydrogen (secondary N) is 1. The predicted molar refractivity (Wildman–Crippen MR) is 73.4 cm³/mol. The Morgan fingerprint density at radius 3 is 2.63 bits per heavy atom. The summed E-state index contributed by atoms with van der Waals surface area (Å²) in [5, 5.41) is 2.43. The van der Waals surface area contributed by atoms with Crippen LogP contribution in [0.25, 0.3) is 6.08 Å². The molecule has 0 atom stereocenters. The number of rotatable bonds is 3. The van der Waals surface area contributed by atoms with Gasteiger partial charge in [0.15, 0.2) is 11.6 Å². The molecule has 2 aromatic rings. The zero-order chi connectivity index (χ0) is 13.8. The molecule has 0 spiro atoms. The second-order valence-corrected chi connectivity index (χ2v) is 5.34. The molecule has 0 aliphatic rings. The lowest BCUT2D eigenvalue weighted by molar-refractivity contribution is -0.111. The number of thiophene rings is 1. The fraction of sp³-hybridized carbons (Fsp3) is 0. The van der Waals surface area contributed by atoms with E-state index in [0.717, 1.165) is 17.0 Å². The van der Waals surface area contributed by atoms with Crippen LogP contribution in [0, 0.1) is 11.6 Å². The zero-order valence-corrected chi connectivity index (χ0v) is 11.1. The minimum absolute atomic E-state index is 0.192. The standard InChI is InChI=1S/C13H8ClF2NOS/c14-12-5-2-9(19-12)3-6-13(18)17-8-1-4-10(15)11(16)7-8/h1-7H,(H,17,18)/b6-3+. The largest absolute Gasteiger partial charge is 0.322 e. The van der Waals surface area contributed by atoms with Gasteiger partial charge in [-0.15, -0.1) is 11.3 Å². The molecule has 1 aromatic heterocycles. The van der Waals surface area contributed by atoms with Gasteiger partial charge in [0.25, 0.3) is 0 Å². The molecule has 98 valence electrons. The van der Waals surface area contributed by atoms with Crippen LogP contribution in [0.5, 0.6) is 0 Å². The Hall–Kier alpha value is -1.72. The summed E-state index contributed by atoms with van der Waals surface area (Å²) in [4.78, 5) is 12.4. The van der Waals surface area contributed by atoms with Crippen LogP contribution in [0.3, 0.4) is 0 Å². The Kier molecular flexibility index (Phi) is 4.29. The van der Waals surface area contributed by atoms with Crippen molar-refractivity contribution in [2.75, 3.05) is 5.32 Å². The van der Waals surface area contributed by atoms with Crippen LogP contribution >= 0.6 is 22.9 Å². The van der Waals surface area contributed by atoms with Crippen LogP contribution < -0.4 is 5.32 Å². The second-order valence-electron chi connectivity index (χ2n) is 3.59. The third-order valence-electron chi connectivity index (χ3n) is 2.18. The van der Waals surface area contributed by atoms with E-state index in [0.29, 0.717) is 4.34 Å². The number of anilines is 1. The maximum Gasteiger partial charge on any atom is 0.248 e. The van der Waals surface area contributed by atoms with E-state index in [1.807, 2.05) is 0 Å². The van der Waals surface area contributed by atoms with Gasteiger partial charge < -0.3 is 5.32 Å². The minimum Gasteiger partial charge on any atom is -0.322 e. The van der Waals surface area contributed by atoms with Crippen molar-refractivity contribution in [3.63, 3.8) is 0 Å². The Bertz CT molecular complexity index is 639. The Morgan fingerprint density at radius 1 is 1.21 bits per heavy atom. The molecule has 0 radical (unpaired) electrons. The van der Waals surface area contributed by atoms with E-state index >= 15 is 0 Å². The molecule has 1 aromatic carbocycles. The molecule has 1 amide bonds. The highest BCUT2D eigenvalue weighted by atomic mass is 35.5. The van der Waals surface area contributed by atoms with Crippen molar-refractivity contribution in [1.29, 1.82) is 0 Å². The molecule has 2 rings (SSSR count). The van der Waals surface area contributed by atoms with E-state index in [2.05, 4.69) is 5.32 Å². The molecule has 0 saturated heterocycles. The van der Waals surface area contributed by atoms with Gasteiger partial charge in [-0.2, -0.15) is 0 Å². The smallest absolute Gasteiger partial charge is 0.248 e. The van der Waals surface area contributed by atoms with E-state index in [1.165, 1.54) is 23.5 Å². The maximum absolute atomic E-state index is 12.9. The Labute approximate surface area is 117 Å². The highest BCUT2D eigenvalue weighted by molar-refractivity contribution is 7.17. The first-order chi connectivity index (χ1) is 9.04. The van der Waals surface area contributed by atoms with Gasteiger partial charge >= 0.3 is 0 Å². The van der Waals surface area contributed by atoms with Crippen molar-refractivity contribution in [3.05, 3.63) is 57.3 Å². The van der Waals surface area contributed by atoms with E-state index in [9.17, 15) is 13.6 Å². The van der Waals surface area contributed by atoms with Crippen molar-refractivity contribution >= 4 is 40.6 Å². The molecule has 6 heteroatoms. The van der Waals surface area contributed by atoms with E-state index < -0.39 is 17.5 Å². The summed E-state index contributed by atoms with van der Waals surface area (Å²) in [6, 6.07) is 6.65. The molecule has 1 heterocycles. The van der Waals surface area contributed by atoms with E-state index in [4.69, 9.17) is 11.6 Å². The van der Waals surface area contributed by atoms with Gasteiger partial charge in [0.05, 0.1) is 4.34 Å². The van der Waals surface area contributed by atoms with Crippen LogP contribution in [-0.2, 0) is 4.79 Å². The molecule has 0 unspecified atom stereocenters. The Balaban J connectivity index is 2.01. The topological polar surface area (TPSA) is 29.1 Å². The average Bonchev–Trinajstić information content (AvgIpc) is 2.77. The van der Waals surface area contributed by atoms with Gasteiger partial charge in [-0.1, -0.05) is 11.6 Å². The molecule has 0 aliphatic carbocycles. The van der Waals surface area contributed by atoms with E-state index in [-0.39, 0.29) is 5.69 Å². The first-order valence-electron chi connectivity index (χ1n) is 5.24. The molecule has 2 nitrogen and oxygen atoms in total. The van der Waals surface area contributed by atoms with Gasteiger partial charge in [-0.05, 0) is 30.3 Å². The van der Waals surface area contributed by atoms with Crippen molar-refractivity contribution in [3.8, 4) is 0 Å². The average molecular weight is 300 g/mol. The monoisotopic (exact) mass is 299 g/mol. The molecule has 0 aliphatic heterocycles. The fourth-order valence-electron chi connectivity index (χ4n) is 1.33. The van der Waals surface area contributed by atoms with E-state index in [1.54, 1.807) is 18.2 Å². The summed E-state index contributed by atoms with van der Waals surface area (Å²) in [5.74, 6) is -2.40. The number of halogens is 3. The van der Waals surface area contributed by atoms with Gasteiger partial charge in [0.2, 0.25) is 5.91 Å². The molecular weight excluding hydrogens is 292 g/mol. The van der Waals surface area contributed by atoms with Gasteiger partial charge in [-0.3, -0.25) is 4.79 Å². The SMILES string of the molecule is O=C(/C=C/c1ccc(Cl)s1)Nc1ccc(F)c(F)c1. The predicted octanol–water partition coefficient (Wildman–Crippen LogP) is 4.33. The highest BCUT2D eigenvalue weighted by Gasteiger charge is 2.04. The van der Waals surface area contributed by atoms with Gasteiger partial charge in [0, 0.05) is 22.7 Å². The summed E-state index contributed by atoms with van der Waals surface area (Å²) in [5.41, 5.74) is 0.192. The van der Waals surface area contributed by atoms with Gasteiger partial charge in [0.1, 0.15) is 0 Å². The molecular formula is C13H8ClF2NOS. The van der Waals surface area contributed by atoms with Gasteiger partial charge in [-0.25, -0.2) is 8.78 Å². The molecule has 0 bridgehead atoms. The van der Waals surface area contributed by atoms with Crippen LogP contribution in [0.1, 0.15) is 4.88 Å². The summed E-state index contributed by atoms with van der Waals surface area (Å²) >= 11 is 7.07. The van der Waals surface area contributed by atoms with Crippen molar-refractivity contribution in [2.45, 2.75) is 0 Å². The van der Waals surface area contributed by atoms with Crippen molar-refractivity contribution in [1.82, 2.24) is 0 Å². The number of hydrogen-bond donors (Lipinski definition) is 1. The fourth-order valence-corrected chi connectivity index (χ4v) is 2.30. The maximum atomic E-state index is 12.9. The quantitative estimate of drug-likeness (QED) is 0.840. The molecule has 1 N–H and O–H groups in total. The zero-order valence-electron chi connectivity index (χ0n) is 9.49.